The fourth-order valence-electron chi connectivity index (χ4n) is 2.18. The molecule has 4 heteroatoms. The second-order valence-electron chi connectivity index (χ2n) is 4.62. The highest BCUT2D eigenvalue weighted by molar-refractivity contribution is 5.39. The average molecular weight is 265 g/mol. The van der Waals surface area contributed by atoms with Crippen molar-refractivity contribution in [3.8, 4) is 0 Å². The summed E-state index contributed by atoms with van der Waals surface area (Å²) in [5.74, 6) is -2.89. The Bertz CT molecular complexity index is 600. The molecule has 0 fully saturated rings. The van der Waals surface area contributed by atoms with Crippen molar-refractivity contribution in [2.24, 2.45) is 5.73 Å². The van der Waals surface area contributed by atoms with Crippen LogP contribution >= 0.6 is 0 Å². The topological polar surface area (TPSA) is 26.0 Å². The molecule has 0 aliphatic heterocycles. The molecular formula is C15H14F3N. The second kappa shape index (κ2) is 5.05. The Kier molecular flexibility index (Phi) is 3.62. The van der Waals surface area contributed by atoms with E-state index in [2.05, 4.69) is 0 Å². The molecule has 0 saturated heterocycles. The molecule has 0 aliphatic carbocycles. The maximum absolute atomic E-state index is 13.7. The van der Waals surface area contributed by atoms with Crippen molar-refractivity contribution in [2.75, 3.05) is 0 Å². The summed E-state index contributed by atoms with van der Waals surface area (Å²) in [5.41, 5.74) is 8.10. The summed E-state index contributed by atoms with van der Waals surface area (Å²) < 4.78 is 40.3. The summed E-state index contributed by atoms with van der Waals surface area (Å²) in [5, 5.41) is 0. The summed E-state index contributed by atoms with van der Waals surface area (Å²) in [6.07, 6.45) is 0. The number of hydrogen-bond acceptors (Lipinski definition) is 1. The molecule has 0 spiro atoms. The lowest BCUT2D eigenvalue weighted by Gasteiger charge is -2.17. The third kappa shape index (κ3) is 2.63. The van der Waals surface area contributed by atoms with Crippen molar-refractivity contribution in [3.63, 3.8) is 0 Å². The van der Waals surface area contributed by atoms with Crippen LogP contribution in [0.1, 0.15) is 28.3 Å². The Hall–Kier alpha value is -1.81. The standard InChI is InChI=1S/C15H14F3N/c1-8-3-4-11(9(2)5-8)15(19)14-12(17)6-10(16)7-13(14)18/h3-7,15H,19H2,1-2H3. The molecule has 0 aromatic heterocycles. The smallest absolute Gasteiger partial charge is 0.134 e. The van der Waals surface area contributed by atoms with Gasteiger partial charge in [-0.2, -0.15) is 0 Å². The molecule has 0 amide bonds. The van der Waals surface area contributed by atoms with Crippen molar-refractivity contribution in [1.29, 1.82) is 0 Å². The molecule has 0 bridgehead atoms. The average Bonchev–Trinajstić information content (AvgIpc) is 2.26. The van der Waals surface area contributed by atoms with Gasteiger partial charge in [-0.05, 0) is 25.0 Å². The molecule has 100 valence electrons. The number of hydrogen-bond donors (Lipinski definition) is 1. The quantitative estimate of drug-likeness (QED) is 0.878. The van der Waals surface area contributed by atoms with Crippen molar-refractivity contribution in [1.82, 2.24) is 0 Å². The van der Waals surface area contributed by atoms with Gasteiger partial charge in [-0.15, -0.1) is 0 Å². The number of nitrogens with two attached hydrogens (primary N) is 1. The molecule has 2 aromatic rings. The van der Waals surface area contributed by atoms with Gasteiger partial charge in [0.25, 0.3) is 0 Å². The van der Waals surface area contributed by atoms with Gasteiger partial charge < -0.3 is 5.73 Å². The monoisotopic (exact) mass is 265 g/mol. The third-order valence-electron chi connectivity index (χ3n) is 3.12. The number of benzene rings is 2. The van der Waals surface area contributed by atoms with Crippen LogP contribution in [0, 0.1) is 31.3 Å². The van der Waals surface area contributed by atoms with E-state index in [1.54, 1.807) is 6.07 Å². The van der Waals surface area contributed by atoms with Crippen molar-refractivity contribution >= 4 is 0 Å². The second-order valence-corrected chi connectivity index (χ2v) is 4.62. The van der Waals surface area contributed by atoms with E-state index in [1.807, 2.05) is 26.0 Å². The molecule has 19 heavy (non-hydrogen) atoms. The lowest BCUT2D eigenvalue weighted by atomic mass is 9.94. The molecule has 1 unspecified atom stereocenters. The number of aryl methyl sites for hydroxylation is 2. The predicted octanol–water partition coefficient (Wildman–Crippen LogP) is 3.77. The number of rotatable bonds is 2. The van der Waals surface area contributed by atoms with Crippen LogP contribution in [0.3, 0.4) is 0 Å². The first-order valence-corrected chi connectivity index (χ1v) is 5.87. The van der Waals surface area contributed by atoms with E-state index < -0.39 is 23.5 Å². The molecule has 1 nitrogen and oxygen atoms in total. The fourth-order valence-corrected chi connectivity index (χ4v) is 2.18. The normalized spacial score (nSPS) is 12.5. The summed E-state index contributed by atoms with van der Waals surface area (Å²) in [4.78, 5) is 0. The van der Waals surface area contributed by atoms with Gasteiger partial charge in [-0.1, -0.05) is 23.8 Å². The van der Waals surface area contributed by atoms with E-state index >= 15 is 0 Å². The summed E-state index contributed by atoms with van der Waals surface area (Å²) in [7, 11) is 0. The molecule has 0 heterocycles. The maximum atomic E-state index is 13.7. The minimum absolute atomic E-state index is 0.312. The number of halogens is 3. The van der Waals surface area contributed by atoms with Crippen LogP contribution in [0.5, 0.6) is 0 Å². The fraction of sp³-hybridized carbons (Fsp3) is 0.200. The van der Waals surface area contributed by atoms with E-state index in [0.717, 1.165) is 11.1 Å². The predicted molar refractivity (Wildman–Crippen MR) is 68.3 cm³/mol. The van der Waals surface area contributed by atoms with Crippen LogP contribution in [0.4, 0.5) is 13.2 Å². The maximum Gasteiger partial charge on any atom is 0.134 e. The first kappa shape index (κ1) is 13.6. The Morgan fingerprint density at radius 1 is 0.947 bits per heavy atom. The zero-order valence-electron chi connectivity index (χ0n) is 10.7. The van der Waals surface area contributed by atoms with Crippen molar-refractivity contribution in [2.45, 2.75) is 19.9 Å². The summed E-state index contributed by atoms with van der Waals surface area (Å²) >= 11 is 0. The van der Waals surface area contributed by atoms with Gasteiger partial charge in [0.15, 0.2) is 0 Å². The Labute approximate surface area is 109 Å². The van der Waals surface area contributed by atoms with E-state index in [4.69, 9.17) is 5.73 Å². The molecular weight excluding hydrogens is 251 g/mol. The zero-order chi connectivity index (χ0) is 14.2. The minimum Gasteiger partial charge on any atom is -0.320 e. The molecule has 2 rings (SSSR count). The summed E-state index contributed by atoms with van der Waals surface area (Å²) in [6.45, 7) is 3.74. The van der Waals surface area contributed by atoms with Gasteiger partial charge in [0.2, 0.25) is 0 Å². The third-order valence-corrected chi connectivity index (χ3v) is 3.12. The van der Waals surface area contributed by atoms with E-state index in [9.17, 15) is 13.2 Å². The summed E-state index contributed by atoms with van der Waals surface area (Å²) in [6, 6.07) is 5.76. The first-order chi connectivity index (χ1) is 8.90. The Balaban J connectivity index is 2.53. The van der Waals surface area contributed by atoms with Crippen LogP contribution in [-0.4, -0.2) is 0 Å². The van der Waals surface area contributed by atoms with Gasteiger partial charge in [0.05, 0.1) is 6.04 Å². The van der Waals surface area contributed by atoms with Crippen LogP contribution in [0.25, 0.3) is 0 Å². The lowest BCUT2D eigenvalue weighted by molar-refractivity contribution is 0.515. The molecule has 0 radical (unpaired) electrons. The molecule has 0 saturated carbocycles. The van der Waals surface area contributed by atoms with Gasteiger partial charge in [0.1, 0.15) is 17.5 Å². The highest BCUT2D eigenvalue weighted by Crippen LogP contribution is 2.28. The Morgan fingerprint density at radius 3 is 2.05 bits per heavy atom. The SMILES string of the molecule is Cc1ccc(C(N)c2c(F)cc(F)cc2F)c(C)c1. The van der Waals surface area contributed by atoms with Crippen molar-refractivity contribution < 1.29 is 13.2 Å². The van der Waals surface area contributed by atoms with E-state index in [1.165, 1.54) is 0 Å². The molecule has 1 atom stereocenters. The highest BCUT2D eigenvalue weighted by atomic mass is 19.1. The first-order valence-electron chi connectivity index (χ1n) is 5.87. The molecule has 2 aromatic carbocycles. The van der Waals surface area contributed by atoms with Gasteiger partial charge in [0, 0.05) is 17.7 Å². The zero-order valence-corrected chi connectivity index (χ0v) is 10.7. The highest BCUT2D eigenvalue weighted by Gasteiger charge is 2.21. The van der Waals surface area contributed by atoms with Gasteiger partial charge >= 0.3 is 0 Å². The minimum atomic E-state index is -0.968. The van der Waals surface area contributed by atoms with Crippen LogP contribution in [-0.2, 0) is 0 Å². The van der Waals surface area contributed by atoms with Crippen molar-refractivity contribution in [3.05, 3.63) is 70.0 Å². The van der Waals surface area contributed by atoms with Gasteiger partial charge in [-0.3, -0.25) is 0 Å². The van der Waals surface area contributed by atoms with E-state index in [0.29, 0.717) is 17.7 Å². The lowest BCUT2D eigenvalue weighted by Crippen LogP contribution is -2.17. The van der Waals surface area contributed by atoms with E-state index in [-0.39, 0.29) is 5.56 Å². The Morgan fingerprint density at radius 2 is 1.53 bits per heavy atom. The van der Waals surface area contributed by atoms with Gasteiger partial charge in [-0.25, -0.2) is 13.2 Å². The molecule has 0 aliphatic rings. The van der Waals surface area contributed by atoms with Crippen LogP contribution < -0.4 is 5.73 Å². The van der Waals surface area contributed by atoms with Crippen LogP contribution in [0.15, 0.2) is 30.3 Å². The van der Waals surface area contributed by atoms with Crippen LogP contribution in [0.2, 0.25) is 0 Å². The molecule has 2 N–H and O–H groups in total. The largest absolute Gasteiger partial charge is 0.320 e.